The Labute approximate surface area is 177 Å². The van der Waals surface area contributed by atoms with Gasteiger partial charge >= 0.3 is 0 Å². The lowest BCUT2D eigenvalue weighted by Gasteiger charge is -2.20. The van der Waals surface area contributed by atoms with Gasteiger partial charge in [0.05, 0.1) is 25.4 Å². The van der Waals surface area contributed by atoms with Crippen LogP contribution in [-0.2, 0) is 0 Å². The van der Waals surface area contributed by atoms with Gasteiger partial charge in [0.2, 0.25) is 0 Å². The van der Waals surface area contributed by atoms with Crippen LogP contribution in [0.1, 0.15) is 26.3 Å². The van der Waals surface area contributed by atoms with Crippen molar-refractivity contribution < 1.29 is 14.6 Å². The molecular weight excluding hydrogens is 413 g/mol. The summed E-state index contributed by atoms with van der Waals surface area (Å²) in [5.41, 5.74) is 0.801. The van der Waals surface area contributed by atoms with E-state index in [1.165, 1.54) is 0 Å². The van der Waals surface area contributed by atoms with Crippen LogP contribution in [0.15, 0.2) is 24.5 Å². The molecule has 2 N–H and O–H groups in total. The van der Waals surface area contributed by atoms with Gasteiger partial charge in [-0.1, -0.05) is 11.6 Å². The second kappa shape index (κ2) is 10.4. The van der Waals surface area contributed by atoms with Gasteiger partial charge in [0.15, 0.2) is 11.5 Å². The zero-order valence-corrected chi connectivity index (χ0v) is 17.9. The van der Waals surface area contributed by atoms with E-state index in [2.05, 4.69) is 14.9 Å². The van der Waals surface area contributed by atoms with Crippen LogP contribution >= 0.6 is 36.4 Å². The minimum atomic E-state index is -0.0100. The molecule has 0 aliphatic carbocycles. The summed E-state index contributed by atoms with van der Waals surface area (Å²) in [4.78, 5) is 4.54. The Morgan fingerprint density at radius 3 is 2.70 bits per heavy atom. The van der Waals surface area contributed by atoms with Gasteiger partial charge in [0, 0.05) is 42.1 Å². The van der Waals surface area contributed by atoms with E-state index in [9.17, 15) is 5.11 Å². The number of nitrogens with zero attached hydrogens (tertiary/aromatic N) is 2. The fourth-order valence-corrected chi connectivity index (χ4v) is 3.42. The second-order valence-electron chi connectivity index (χ2n) is 6.49. The first-order valence-electron chi connectivity index (χ1n) is 8.45. The van der Waals surface area contributed by atoms with Crippen molar-refractivity contribution in [1.29, 1.82) is 0 Å². The lowest BCUT2D eigenvalue weighted by atomic mass is 10.1. The van der Waals surface area contributed by atoms with E-state index in [-0.39, 0.29) is 49.6 Å². The van der Waals surface area contributed by atoms with Crippen LogP contribution < -0.4 is 14.8 Å². The first-order valence-corrected chi connectivity index (χ1v) is 8.83. The van der Waals surface area contributed by atoms with Gasteiger partial charge in [-0.05, 0) is 26.3 Å². The lowest BCUT2D eigenvalue weighted by Crippen LogP contribution is -2.24. The van der Waals surface area contributed by atoms with E-state index in [1.807, 2.05) is 26.1 Å². The molecule has 1 saturated heterocycles. The minimum Gasteiger partial charge on any atom is -0.493 e. The van der Waals surface area contributed by atoms with Gasteiger partial charge < -0.3 is 24.5 Å². The second-order valence-corrected chi connectivity index (χ2v) is 6.92. The molecule has 9 heteroatoms. The highest BCUT2D eigenvalue weighted by molar-refractivity contribution is 6.31. The standard InChI is InChI=1S/C18H24ClN3O3.2ClH/c1-11(2)25-17-15(6-12(19)7-16(17)24-3)18-20-4-5-22(18)14-8-13(10-23)21-9-14;;/h4-7,11,13-14,21,23H,8-10H2,1-3H3;2*1H/t13-,14-;;/m0../s1. The number of aliphatic hydroxyl groups is 1. The van der Waals surface area contributed by atoms with Gasteiger partial charge in [-0.2, -0.15) is 0 Å². The molecule has 1 aliphatic heterocycles. The maximum Gasteiger partial charge on any atom is 0.172 e. The van der Waals surface area contributed by atoms with E-state index in [0.29, 0.717) is 16.5 Å². The molecule has 1 fully saturated rings. The summed E-state index contributed by atoms with van der Waals surface area (Å²) in [5.74, 6) is 2.00. The van der Waals surface area contributed by atoms with E-state index < -0.39 is 0 Å². The number of aromatic nitrogens is 2. The maximum atomic E-state index is 9.37. The van der Waals surface area contributed by atoms with Crippen molar-refractivity contribution in [2.24, 2.45) is 0 Å². The zero-order valence-electron chi connectivity index (χ0n) is 15.5. The number of methoxy groups -OCH3 is 1. The molecule has 0 unspecified atom stereocenters. The molecule has 0 amide bonds. The summed E-state index contributed by atoms with van der Waals surface area (Å²) in [6.45, 7) is 4.86. The average Bonchev–Trinajstić information content (AvgIpc) is 3.23. The Balaban J connectivity index is 0.00000182. The van der Waals surface area contributed by atoms with E-state index in [0.717, 1.165) is 24.4 Å². The Kier molecular flexibility index (Phi) is 9.18. The number of benzene rings is 1. The number of hydrogen-bond donors (Lipinski definition) is 2. The van der Waals surface area contributed by atoms with Crippen LogP contribution in [0.5, 0.6) is 11.5 Å². The van der Waals surface area contributed by atoms with Crippen molar-refractivity contribution in [3.63, 3.8) is 0 Å². The highest BCUT2D eigenvalue weighted by Crippen LogP contribution is 2.41. The molecule has 1 aliphatic rings. The van der Waals surface area contributed by atoms with Crippen LogP contribution in [0.3, 0.4) is 0 Å². The van der Waals surface area contributed by atoms with Crippen LogP contribution in [0.4, 0.5) is 0 Å². The Morgan fingerprint density at radius 1 is 1.37 bits per heavy atom. The molecule has 2 heterocycles. The molecule has 2 atom stereocenters. The molecule has 152 valence electrons. The number of aliphatic hydroxyl groups excluding tert-OH is 1. The van der Waals surface area contributed by atoms with E-state index >= 15 is 0 Å². The molecule has 0 radical (unpaired) electrons. The number of halogens is 3. The average molecular weight is 439 g/mol. The summed E-state index contributed by atoms with van der Waals surface area (Å²) in [6, 6.07) is 3.92. The van der Waals surface area contributed by atoms with Gasteiger partial charge in [-0.3, -0.25) is 0 Å². The molecule has 0 spiro atoms. The lowest BCUT2D eigenvalue weighted by molar-refractivity contribution is 0.231. The summed E-state index contributed by atoms with van der Waals surface area (Å²) < 4.78 is 13.6. The first kappa shape index (κ1) is 23.9. The van der Waals surface area contributed by atoms with Crippen LogP contribution in [0.2, 0.25) is 5.02 Å². The summed E-state index contributed by atoms with van der Waals surface area (Å²) in [6.07, 6.45) is 4.56. The van der Waals surface area contributed by atoms with Gasteiger partial charge in [0.25, 0.3) is 0 Å². The number of hydrogen-bond acceptors (Lipinski definition) is 5. The largest absolute Gasteiger partial charge is 0.493 e. The minimum absolute atomic E-state index is 0. The number of ether oxygens (including phenoxy) is 2. The topological polar surface area (TPSA) is 68.5 Å². The summed E-state index contributed by atoms with van der Waals surface area (Å²) >= 11 is 6.29. The Bertz CT molecular complexity index is 740. The zero-order chi connectivity index (χ0) is 18.0. The van der Waals surface area contributed by atoms with Gasteiger partial charge in [0.1, 0.15) is 5.82 Å². The molecule has 6 nitrogen and oxygen atoms in total. The third kappa shape index (κ3) is 5.21. The van der Waals surface area contributed by atoms with Crippen molar-refractivity contribution in [1.82, 2.24) is 14.9 Å². The number of nitrogens with one attached hydrogen (secondary N) is 1. The van der Waals surface area contributed by atoms with Crippen molar-refractivity contribution in [2.45, 2.75) is 38.5 Å². The monoisotopic (exact) mass is 437 g/mol. The molecule has 1 aromatic carbocycles. The van der Waals surface area contributed by atoms with Gasteiger partial charge in [-0.25, -0.2) is 4.98 Å². The fourth-order valence-electron chi connectivity index (χ4n) is 3.21. The molecule has 3 rings (SSSR count). The normalized spacial score (nSPS) is 18.7. The third-order valence-corrected chi connectivity index (χ3v) is 4.53. The summed E-state index contributed by atoms with van der Waals surface area (Å²) in [5, 5.41) is 13.3. The van der Waals surface area contributed by atoms with Crippen molar-refractivity contribution in [3.8, 4) is 22.9 Å². The molecular formula is C18H26Cl3N3O3. The van der Waals surface area contributed by atoms with Gasteiger partial charge in [-0.15, -0.1) is 24.8 Å². The quantitative estimate of drug-likeness (QED) is 0.719. The fraction of sp³-hybridized carbons (Fsp3) is 0.500. The predicted molar refractivity (Wildman–Crippen MR) is 112 cm³/mol. The third-order valence-electron chi connectivity index (χ3n) is 4.32. The van der Waals surface area contributed by atoms with Crippen LogP contribution in [-0.4, -0.2) is 47.1 Å². The van der Waals surface area contributed by atoms with Crippen molar-refractivity contribution in [3.05, 3.63) is 29.5 Å². The predicted octanol–water partition coefficient (Wildman–Crippen LogP) is 3.74. The molecule has 0 saturated carbocycles. The molecule has 27 heavy (non-hydrogen) atoms. The summed E-state index contributed by atoms with van der Waals surface area (Å²) in [7, 11) is 1.60. The van der Waals surface area contributed by atoms with Crippen molar-refractivity contribution in [2.75, 3.05) is 20.3 Å². The first-order chi connectivity index (χ1) is 12.0. The molecule has 2 aromatic rings. The smallest absolute Gasteiger partial charge is 0.172 e. The van der Waals surface area contributed by atoms with Crippen molar-refractivity contribution >= 4 is 36.4 Å². The van der Waals surface area contributed by atoms with E-state index in [4.69, 9.17) is 21.1 Å². The number of rotatable bonds is 6. The number of imidazole rings is 1. The highest BCUT2D eigenvalue weighted by atomic mass is 35.5. The van der Waals surface area contributed by atoms with Crippen LogP contribution in [0, 0.1) is 0 Å². The highest BCUT2D eigenvalue weighted by Gasteiger charge is 2.28. The molecule has 0 bridgehead atoms. The Morgan fingerprint density at radius 2 is 2.11 bits per heavy atom. The van der Waals surface area contributed by atoms with E-state index in [1.54, 1.807) is 19.4 Å². The maximum absolute atomic E-state index is 9.37. The molecule has 1 aromatic heterocycles. The Hall–Kier alpha value is -1.18. The SMILES string of the molecule is COc1cc(Cl)cc(-c2nccn2[C@@H]2CN[C@H](CO)C2)c1OC(C)C.Cl.Cl. The van der Waals surface area contributed by atoms with Crippen LogP contribution in [0.25, 0.3) is 11.4 Å².